The first-order valence-corrected chi connectivity index (χ1v) is 9.68. The third-order valence-electron chi connectivity index (χ3n) is 3.62. The Morgan fingerprint density at radius 1 is 1.29 bits per heavy atom. The summed E-state index contributed by atoms with van der Waals surface area (Å²) in [4.78, 5) is 13.6. The van der Waals surface area contributed by atoms with Crippen LogP contribution in [0.25, 0.3) is 0 Å². The summed E-state index contributed by atoms with van der Waals surface area (Å²) in [7, 11) is -2.98. The van der Waals surface area contributed by atoms with E-state index >= 15 is 0 Å². The zero-order valence-corrected chi connectivity index (χ0v) is 13.8. The Kier molecular flexibility index (Phi) is 5.15. The molecule has 0 atom stereocenters. The van der Waals surface area contributed by atoms with Gasteiger partial charge in [-0.05, 0) is 12.8 Å². The molecule has 1 saturated heterocycles. The summed E-state index contributed by atoms with van der Waals surface area (Å²) in [6.45, 7) is 4.66. The number of nitrogens with zero attached hydrogens (tertiary/aromatic N) is 3. The molecule has 7 nitrogen and oxygen atoms in total. The van der Waals surface area contributed by atoms with Gasteiger partial charge in [-0.2, -0.15) is 0 Å². The van der Waals surface area contributed by atoms with Crippen molar-refractivity contribution in [3.05, 3.63) is 5.01 Å². The second kappa shape index (κ2) is 6.69. The lowest BCUT2D eigenvalue weighted by atomic mass is 10.1. The molecule has 0 saturated carbocycles. The van der Waals surface area contributed by atoms with E-state index in [0.717, 1.165) is 17.8 Å². The van der Waals surface area contributed by atoms with E-state index in [9.17, 15) is 13.2 Å². The van der Waals surface area contributed by atoms with Crippen molar-refractivity contribution in [3.63, 3.8) is 0 Å². The lowest BCUT2D eigenvalue weighted by Crippen LogP contribution is -2.45. The van der Waals surface area contributed by atoms with Crippen molar-refractivity contribution in [3.8, 4) is 0 Å². The summed E-state index contributed by atoms with van der Waals surface area (Å²) in [5.74, 6) is 0.415. The number of amides is 2. The van der Waals surface area contributed by atoms with Crippen LogP contribution in [-0.2, 0) is 9.84 Å². The highest BCUT2D eigenvalue weighted by Gasteiger charge is 2.25. The first-order valence-electron chi connectivity index (χ1n) is 7.05. The minimum atomic E-state index is -2.98. The number of urea groups is 1. The molecule has 0 spiro atoms. The molecule has 9 heteroatoms. The van der Waals surface area contributed by atoms with Gasteiger partial charge in [0.05, 0.1) is 11.5 Å². The van der Waals surface area contributed by atoms with E-state index in [1.165, 1.54) is 16.2 Å². The van der Waals surface area contributed by atoms with Crippen molar-refractivity contribution in [1.82, 2.24) is 15.1 Å². The SMILES string of the molecule is CCC(CC)c1nnc(NC(=O)N2CCS(=O)(=O)CC2)s1. The summed E-state index contributed by atoms with van der Waals surface area (Å²) in [5, 5.41) is 12.2. The Labute approximate surface area is 128 Å². The predicted molar refractivity (Wildman–Crippen MR) is 82.5 cm³/mol. The highest BCUT2D eigenvalue weighted by molar-refractivity contribution is 7.91. The highest BCUT2D eigenvalue weighted by atomic mass is 32.2. The predicted octanol–water partition coefficient (Wildman–Crippen LogP) is 1.70. The maximum atomic E-state index is 12.1. The molecule has 1 aliphatic rings. The normalized spacial score (nSPS) is 18.0. The van der Waals surface area contributed by atoms with Gasteiger partial charge in [0.15, 0.2) is 9.84 Å². The molecule has 2 amide bonds. The molecule has 1 fully saturated rings. The molecule has 118 valence electrons. The van der Waals surface area contributed by atoms with E-state index in [4.69, 9.17) is 0 Å². The lowest BCUT2D eigenvalue weighted by molar-refractivity contribution is 0.216. The van der Waals surface area contributed by atoms with E-state index in [1.807, 2.05) is 0 Å². The number of carbonyl (C=O) groups is 1. The Balaban J connectivity index is 1.94. The van der Waals surface area contributed by atoms with Gasteiger partial charge < -0.3 is 4.90 Å². The van der Waals surface area contributed by atoms with Crippen LogP contribution in [0.15, 0.2) is 0 Å². The number of rotatable bonds is 4. The van der Waals surface area contributed by atoms with Crippen LogP contribution in [0, 0.1) is 0 Å². The molecule has 0 radical (unpaired) electrons. The molecular formula is C12H20N4O3S2. The van der Waals surface area contributed by atoms with Crippen molar-refractivity contribution in [1.29, 1.82) is 0 Å². The Morgan fingerprint density at radius 2 is 1.90 bits per heavy atom. The molecule has 2 heterocycles. The number of nitrogens with one attached hydrogen (secondary N) is 1. The molecule has 1 aliphatic heterocycles. The average molecular weight is 332 g/mol. The fourth-order valence-electron chi connectivity index (χ4n) is 2.17. The summed E-state index contributed by atoms with van der Waals surface area (Å²) < 4.78 is 22.7. The molecule has 0 bridgehead atoms. The summed E-state index contributed by atoms with van der Waals surface area (Å²) in [5.41, 5.74) is 0. The first-order chi connectivity index (χ1) is 9.95. The molecule has 21 heavy (non-hydrogen) atoms. The second-order valence-electron chi connectivity index (χ2n) is 5.03. The highest BCUT2D eigenvalue weighted by Crippen LogP contribution is 2.28. The summed E-state index contributed by atoms with van der Waals surface area (Å²) in [6, 6.07) is -0.308. The van der Waals surface area contributed by atoms with Crippen LogP contribution >= 0.6 is 11.3 Å². The van der Waals surface area contributed by atoms with Crippen LogP contribution in [0.1, 0.15) is 37.6 Å². The van der Waals surface area contributed by atoms with Crippen molar-refractivity contribution in [2.24, 2.45) is 0 Å². The molecule has 2 rings (SSSR count). The maximum Gasteiger partial charge on any atom is 0.323 e. The molecule has 0 unspecified atom stereocenters. The van der Waals surface area contributed by atoms with Crippen molar-refractivity contribution in [2.75, 3.05) is 29.9 Å². The topological polar surface area (TPSA) is 92.3 Å². The molecule has 0 aromatic carbocycles. The van der Waals surface area contributed by atoms with Gasteiger partial charge in [-0.3, -0.25) is 5.32 Å². The van der Waals surface area contributed by atoms with Crippen molar-refractivity contribution >= 4 is 32.3 Å². The van der Waals surface area contributed by atoms with Crippen molar-refractivity contribution < 1.29 is 13.2 Å². The largest absolute Gasteiger partial charge is 0.323 e. The first kappa shape index (κ1) is 16.2. The smallest absolute Gasteiger partial charge is 0.322 e. The van der Waals surface area contributed by atoms with Gasteiger partial charge >= 0.3 is 6.03 Å². The number of sulfone groups is 1. The number of anilines is 1. The standard InChI is InChI=1S/C12H20N4O3S2/c1-3-9(4-2)10-14-15-11(20-10)13-12(17)16-5-7-21(18,19)8-6-16/h9H,3-8H2,1-2H3,(H,13,15,17). The Bertz CT molecular complexity index is 581. The van der Waals surface area contributed by atoms with Gasteiger partial charge in [0, 0.05) is 19.0 Å². The second-order valence-corrected chi connectivity index (χ2v) is 8.34. The Hall–Kier alpha value is -1.22. The van der Waals surface area contributed by atoms with E-state index in [2.05, 4.69) is 29.4 Å². The van der Waals surface area contributed by atoms with Gasteiger partial charge in [0.25, 0.3) is 0 Å². The summed E-state index contributed by atoms with van der Waals surface area (Å²) >= 11 is 1.38. The van der Waals surface area contributed by atoms with Crippen LogP contribution in [0.5, 0.6) is 0 Å². The van der Waals surface area contributed by atoms with Crippen LogP contribution in [0.2, 0.25) is 0 Å². The molecule has 1 N–H and O–H groups in total. The minimum Gasteiger partial charge on any atom is -0.322 e. The minimum absolute atomic E-state index is 0.0233. The van der Waals surface area contributed by atoms with E-state index in [-0.39, 0.29) is 30.6 Å². The molecule has 1 aromatic heterocycles. The maximum absolute atomic E-state index is 12.1. The van der Waals surface area contributed by atoms with Crippen molar-refractivity contribution in [2.45, 2.75) is 32.6 Å². The zero-order chi connectivity index (χ0) is 15.5. The third-order valence-corrected chi connectivity index (χ3v) is 6.23. The monoisotopic (exact) mass is 332 g/mol. The van der Waals surface area contributed by atoms with Gasteiger partial charge in [0.1, 0.15) is 5.01 Å². The molecular weight excluding hydrogens is 312 g/mol. The van der Waals surface area contributed by atoms with E-state index < -0.39 is 9.84 Å². The van der Waals surface area contributed by atoms with Crippen LogP contribution in [0.4, 0.5) is 9.93 Å². The van der Waals surface area contributed by atoms with Gasteiger partial charge in [-0.25, -0.2) is 13.2 Å². The van der Waals surface area contributed by atoms with E-state index in [1.54, 1.807) is 0 Å². The third kappa shape index (κ3) is 4.13. The van der Waals surface area contributed by atoms with Gasteiger partial charge in [0.2, 0.25) is 5.13 Å². The van der Waals surface area contributed by atoms with Gasteiger partial charge in [-0.1, -0.05) is 25.2 Å². The van der Waals surface area contributed by atoms with Crippen LogP contribution < -0.4 is 5.32 Å². The zero-order valence-electron chi connectivity index (χ0n) is 12.2. The number of hydrogen-bond donors (Lipinski definition) is 1. The molecule has 0 aliphatic carbocycles. The van der Waals surface area contributed by atoms with Crippen LogP contribution in [0.3, 0.4) is 0 Å². The Morgan fingerprint density at radius 3 is 2.48 bits per heavy atom. The van der Waals surface area contributed by atoms with E-state index in [0.29, 0.717) is 11.0 Å². The lowest BCUT2D eigenvalue weighted by Gasteiger charge is -2.26. The fraction of sp³-hybridized carbons (Fsp3) is 0.750. The van der Waals surface area contributed by atoms with Crippen LogP contribution in [-0.4, -0.2) is 54.1 Å². The average Bonchev–Trinajstić information content (AvgIpc) is 2.88. The quantitative estimate of drug-likeness (QED) is 0.906. The summed E-state index contributed by atoms with van der Waals surface area (Å²) in [6.07, 6.45) is 1.98. The molecule has 1 aromatic rings. The van der Waals surface area contributed by atoms with Gasteiger partial charge in [-0.15, -0.1) is 10.2 Å². The number of hydrogen-bond acceptors (Lipinski definition) is 6. The number of aromatic nitrogens is 2. The fourth-order valence-corrected chi connectivity index (χ4v) is 4.38. The number of carbonyl (C=O) groups excluding carboxylic acids is 1.